The molecule has 10 rings (SSSR count). The molecule has 12 heteroatoms. The van der Waals surface area contributed by atoms with Crippen LogP contribution in [0, 0.1) is 0 Å². The van der Waals surface area contributed by atoms with Gasteiger partial charge in [-0.05, 0) is 72.8 Å². The molecule has 0 fully saturated rings. The summed E-state index contributed by atoms with van der Waals surface area (Å²) in [5.41, 5.74) is 3.47. The normalized spacial score (nSPS) is 17.7. The highest BCUT2D eigenvalue weighted by molar-refractivity contribution is 6.23. The predicted octanol–water partition coefficient (Wildman–Crippen LogP) is 8.42. The van der Waals surface area contributed by atoms with Crippen molar-refractivity contribution < 1.29 is 38.0 Å². The molecule has 5 aliphatic rings. The van der Waals surface area contributed by atoms with E-state index in [0.717, 1.165) is 0 Å². The number of allylic oxidation sites excluding steroid dienone is 2. The van der Waals surface area contributed by atoms with Gasteiger partial charge in [-0.2, -0.15) is 0 Å². The number of para-hydroxylation sites is 6. The van der Waals surface area contributed by atoms with Crippen molar-refractivity contribution in [1.82, 2.24) is 0 Å². The van der Waals surface area contributed by atoms with Gasteiger partial charge in [0.1, 0.15) is 49.4 Å². The minimum atomic E-state index is -0.317. The summed E-state index contributed by atoms with van der Waals surface area (Å²) in [4.78, 5) is 38.0. The van der Waals surface area contributed by atoms with Gasteiger partial charge in [-0.15, -0.1) is 0 Å². The van der Waals surface area contributed by atoms with Crippen LogP contribution in [0.3, 0.4) is 0 Å². The van der Waals surface area contributed by atoms with E-state index in [0.29, 0.717) is 83.3 Å². The predicted molar refractivity (Wildman–Crippen MR) is 224 cm³/mol. The van der Waals surface area contributed by atoms with Crippen molar-refractivity contribution in [3.8, 4) is 23.0 Å². The molecule has 0 saturated carbocycles. The number of nitrogens with zero attached hydrogens (tertiary/aromatic N) is 2. The van der Waals surface area contributed by atoms with Crippen LogP contribution in [0.5, 0.6) is 23.0 Å². The van der Waals surface area contributed by atoms with Gasteiger partial charge >= 0.3 is 0 Å². The Labute approximate surface area is 336 Å². The quantitative estimate of drug-likeness (QED) is 0.158. The highest BCUT2D eigenvalue weighted by Crippen LogP contribution is 2.30. The smallest absolute Gasteiger partial charge is 0.199 e. The largest absolute Gasteiger partial charge is 0.491 e. The molecule has 5 aromatic rings. The molecule has 2 N–H and O–H groups in total. The maximum absolute atomic E-state index is 14.3. The zero-order valence-electron chi connectivity index (χ0n) is 31.7. The molecule has 58 heavy (non-hydrogen) atoms. The molecule has 5 heterocycles. The van der Waals surface area contributed by atoms with Gasteiger partial charge in [0.05, 0.1) is 71.5 Å². The van der Waals surface area contributed by atoms with Gasteiger partial charge in [0.2, 0.25) is 0 Å². The molecule has 5 aliphatic heterocycles. The van der Waals surface area contributed by atoms with E-state index in [2.05, 4.69) is 10.6 Å². The number of carbonyl (C=O) groups is 2. The average molecular weight is 779 g/mol. The van der Waals surface area contributed by atoms with Crippen LogP contribution in [0.1, 0.15) is 20.7 Å². The Kier molecular flexibility index (Phi) is 13.7. The van der Waals surface area contributed by atoms with Crippen LogP contribution in [-0.2, 0) is 9.47 Å². The summed E-state index contributed by atoms with van der Waals surface area (Å²) in [6.07, 6.45) is 6.18. The molecule has 0 atom stereocenters. The van der Waals surface area contributed by atoms with E-state index < -0.39 is 0 Å². The lowest BCUT2D eigenvalue weighted by Gasteiger charge is -2.14. The first kappa shape index (κ1) is 39.2. The van der Waals surface area contributed by atoms with Gasteiger partial charge in [-0.25, -0.2) is 0 Å². The van der Waals surface area contributed by atoms with E-state index in [1.807, 2.05) is 72.8 Å². The second-order valence-electron chi connectivity index (χ2n) is 12.8. The molecular formula is C46H42N4O8. The van der Waals surface area contributed by atoms with Crippen LogP contribution in [0.25, 0.3) is 0 Å². The number of Topliss-reactive ketones (excluding diaryl/α,β-unsaturated/α-hetero) is 2. The van der Waals surface area contributed by atoms with E-state index in [4.69, 9.17) is 38.4 Å². The molecule has 0 spiro atoms. The third-order valence-corrected chi connectivity index (χ3v) is 8.83. The second kappa shape index (κ2) is 20.2. The first-order valence-corrected chi connectivity index (χ1v) is 18.9. The second-order valence-corrected chi connectivity index (χ2v) is 12.8. The summed E-state index contributed by atoms with van der Waals surface area (Å²) in [7, 11) is 0. The Hall–Kier alpha value is -7.02. The fourth-order valence-electron chi connectivity index (χ4n) is 5.89. The standard InChI is InChI=1S/C46H42N4O8/c51-45-33-29-47-39-11-3-5-13-41(39)49-31-34(32-50-42-14-6-4-12-40(42)48-30-33)46(52)38-10-2-8-16-44(38)58-28-24-54-22-26-56-36-19-17-35(18-20-36)55-25-21-53-23-27-57-43-15-7-1-9-37(43)45/h1-20,29-32,47,50H,21-28H2/b33-29+,34-32+,48-30?,49-31?. The van der Waals surface area contributed by atoms with Crippen molar-refractivity contribution in [1.29, 1.82) is 0 Å². The van der Waals surface area contributed by atoms with Crippen LogP contribution in [0.15, 0.2) is 155 Å². The average Bonchev–Trinajstić information content (AvgIpc) is 3.26. The van der Waals surface area contributed by atoms with Crippen molar-refractivity contribution in [3.63, 3.8) is 0 Å². The first-order valence-electron chi connectivity index (χ1n) is 18.9. The lowest BCUT2D eigenvalue weighted by Crippen LogP contribution is -2.14. The fraction of sp³-hybridized carbons (Fsp3) is 0.174. The van der Waals surface area contributed by atoms with Crippen LogP contribution in [-0.4, -0.2) is 76.9 Å². The number of benzene rings is 5. The SMILES string of the molecule is O=C1/C2=C/Nc3ccccc3N=C/C(=C\Nc3ccccc3N=C2)C(=O)c2ccccc2OCCOCCOc2ccc(cc2)OCCOCCOc2ccccc21. The summed E-state index contributed by atoms with van der Waals surface area (Å²) >= 11 is 0. The molecule has 294 valence electrons. The maximum Gasteiger partial charge on any atom is 0.199 e. The van der Waals surface area contributed by atoms with Gasteiger partial charge in [0.25, 0.3) is 0 Å². The Morgan fingerprint density at radius 2 is 0.793 bits per heavy atom. The van der Waals surface area contributed by atoms with Crippen molar-refractivity contribution in [2.24, 2.45) is 9.98 Å². The fourth-order valence-corrected chi connectivity index (χ4v) is 5.89. The highest BCUT2D eigenvalue weighted by Gasteiger charge is 2.19. The number of aliphatic imine (C=N–C) groups is 2. The first-order chi connectivity index (χ1) is 28.6. The summed E-state index contributed by atoms with van der Waals surface area (Å²) in [6, 6.07) is 36.0. The number of rotatable bonds is 0. The van der Waals surface area contributed by atoms with Crippen LogP contribution < -0.4 is 29.6 Å². The van der Waals surface area contributed by atoms with Crippen LogP contribution in [0.2, 0.25) is 0 Å². The molecule has 0 saturated heterocycles. The Balaban J connectivity index is 1.21. The maximum atomic E-state index is 14.3. The van der Waals surface area contributed by atoms with Gasteiger partial charge in [-0.1, -0.05) is 48.5 Å². The lowest BCUT2D eigenvalue weighted by molar-refractivity contribution is 0.0751. The molecule has 4 bridgehead atoms. The van der Waals surface area contributed by atoms with Gasteiger partial charge in [0.15, 0.2) is 11.6 Å². The number of carbonyl (C=O) groups excluding carboxylic acids is 2. The summed E-state index contributed by atoms with van der Waals surface area (Å²) in [5, 5.41) is 6.50. The van der Waals surface area contributed by atoms with Crippen LogP contribution >= 0.6 is 0 Å². The molecular weight excluding hydrogens is 737 g/mol. The van der Waals surface area contributed by atoms with Gasteiger partial charge in [-0.3, -0.25) is 19.6 Å². The topological polar surface area (TPSA) is 138 Å². The molecule has 12 nitrogen and oxygen atoms in total. The number of hydrogen-bond acceptors (Lipinski definition) is 12. The van der Waals surface area contributed by atoms with E-state index in [9.17, 15) is 9.59 Å². The van der Waals surface area contributed by atoms with Crippen LogP contribution in [0.4, 0.5) is 22.7 Å². The summed E-state index contributed by atoms with van der Waals surface area (Å²) < 4.78 is 35.2. The van der Waals surface area contributed by atoms with Gasteiger partial charge < -0.3 is 39.1 Å². The zero-order valence-corrected chi connectivity index (χ0v) is 31.7. The number of ketones is 2. The third kappa shape index (κ3) is 10.6. The Bertz CT molecular complexity index is 2160. The minimum Gasteiger partial charge on any atom is -0.491 e. The lowest BCUT2D eigenvalue weighted by atomic mass is 10.0. The molecule has 0 amide bonds. The van der Waals surface area contributed by atoms with Crippen molar-refractivity contribution >= 4 is 46.7 Å². The van der Waals surface area contributed by atoms with E-state index >= 15 is 0 Å². The van der Waals surface area contributed by atoms with E-state index in [1.165, 1.54) is 12.4 Å². The Morgan fingerprint density at radius 1 is 0.414 bits per heavy atom. The molecule has 0 unspecified atom stereocenters. The van der Waals surface area contributed by atoms with Crippen molar-refractivity contribution in [3.05, 3.63) is 156 Å². The summed E-state index contributed by atoms with van der Waals surface area (Å²) in [5.74, 6) is 1.54. The minimum absolute atomic E-state index is 0.215. The van der Waals surface area contributed by atoms with E-state index in [1.54, 1.807) is 60.9 Å². The molecule has 0 radical (unpaired) electrons. The molecule has 0 aromatic heterocycles. The number of hydrogen-bond donors (Lipinski definition) is 2. The highest BCUT2D eigenvalue weighted by atomic mass is 16.6. The molecule has 5 aromatic carbocycles. The van der Waals surface area contributed by atoms with Gasteiger partial charge in [0, 0.05) is 24.8 Å². The number of anilines is 2. The van der Waals surface area contributed by atoms with Crippen molar-refractivity contribution in [2.45, 2.75) is 0 Å². The van der Waals surface area contributed by atoms with E-state index in [-0.39, 0.29) is 49.1 Å². The monoisotopic (exact) mass is 778 g/mol. The third-order valence-electron chi connectivity index (χ3n) is 8.83. The number of nitrogens with one attached hydrogen (secondary N) is 2. The van der Waals surface area contributed by atoms with Crippen molar-refractivity contribution in [2.75, 3.05) is 63.5 Å². The summed E-state index contributed by atoms with van der Waals surface area (Å²) in [6.45, 7) is 2.38. The zero-order chi connectivity index (χ0) is 39.8. The Morgan fingerprint density at radius 3 is 1.24 bits per heavy atom. The molecule has 0 aliphatic carbocycles. The number of ether oxygens (including phenoxy) is 6.